The van der Waals surface area contributed by atoms with E-state index in [2.05, 4.69) is 0 Å². The van der Waals surface area contributed by atoms with Crippen LogP contribution >= 0.6 is 0 Å². The number of carbonyl (C=O) groups is 2. The zero-order chi connectivity index (χ0) is 18.0. The van der Waals surface area contributed by atoms with Crippen molar-refractivity contribution in [1.82, 2.24) is 0 Å². The monoisotopic (exact) mass is 338 g/mol. The van der Waals surface area contributed by atoms with Crippen molar-refractivity contribution >= 4 is 23.3 Å². The lowest BCUT2D eigenvalue weighted by Gasteiger charge is -2.19. The molecule has 128 valence electrons. The molecular formula is C14H14N2O8. The van der Waals surface area contributed by atoms with Crippen LogP contribution in [0.15, 0.2) is 18.2 Å². The molecule has 1 aromatic rings. The van der Waals surface area contributed by atoms with Gasteiger partial charge in [-0.2, -0.15) is 0 Å². The van der Waals surface area contributed by atoms with Crippen molar-refractivity contribution in [1.29, 1.82) is 0 Å². The van der Waals surface area contributed by atoms with Gasteiger partial charge in [0.25, 0.3) is 11.4 Å². The molecule has 0 aliphatic carbocycles. The second kappa shape index (κ2) is 6.60. The maximum absolute atomic E-state index is 12.2. The predicted octanol–water partition coefficient (Wildman–Crippen LogP) is 1.86. The molecule has 0 aromatic heterocycles. The Kier molecular flexibility index (Phi) is 4.77. The largest absolute Gasteiger partial charge is 0.465 e. The fraction of sp³-hybridized carbons (Fsp3) is 0.429. The van der Waals surface area contributed by atoms with Gasteiger partial charge in [0.05, 0.1) is 34.0 Å². The van der Waals surface area contributed by atoms with Gasteiger partial charge in [0.1, 0.15) is 6.10 Å². The highest BCUT2D eigenvalue weighted by molar-refractivity contribution is 5.91. The first-order valence-corrected chi connectivity index (χ1v) is 7.02. The Balaban J connectivity index is 2.24. The third-order valence-electron chi connectivity index (χ3n) is 3.73. The number of nitro groups is 2. The van der Waals surface area contributed by atoms with Crippen molar-refractivity contribution in [3.05, 3.63) is 44.0 Å². The Hall–Kier alpha value is -3.04. The summed E-state index contributed by atoms with van der Waals surface area (Å²) in [5, 5.41) is 21.7. The number of esters is 2. The molecule has 1 fully saturated rings. The molecule has 10 heteroatoms. The number of cyclic esters (lactones) is 1. The van der Waals surface area contributed by atoms with Crippen molar-refractivity contribution in [3.63, 3.8) is 0 Å². The highest BCUT2D eigenvalue weighted by Gasteiger charge is 2.40. The summed E-state index contributed by atoms with van der Waals surface area (Å²) in [6, 6.07) is 2.52. The van der Waals surface area contributed by atoms with Crippen LogP contribution in [0.1, 0.15) is 24.2 Å². The first-order chi connectivity index (χ1) is 11.2. The summed E-state index contributed by atoms with van der Waals surface area (Å²) in [5.41, 5.74) is -1.53. The highest BCUT2D eigenvalue weighted by Crippen LogP contribution is 2.28. The van der Waals surface area contributed by atoms with Crippen LogP contribution in [-0.4, -0.2) is 34.5 Å². The minimum Gasteiger partial charge on any atom is -0.465 e. The van der Waals surface area contributed by atoms with Gasteiger partial charge in [0.15, 0.2) is 0 Å². The van der Waals surface area contributed by atoms with E-state index in [1.54, 1.807) is 6.92 Å². The van der Waals surface area contributed by atoms with E-state index in [1.165, 1.54) is 6.92 Å². The molecule has 2 rings (SSSR count). The first kappa shape index (κ1) is 17.3. The third-order valence-corrected chi connectivity index (χ3v) is 3.73. The molecule has 0 N–H and O–H groups in total. The fourth-order valence-corrected chi connectivity index (χ4v) is 2.53. The Morgan fingerprint density at radius 1 is 1.25 bits per heavy atom. The number of non-ortho nitro benzene ring substituents is 2. The van der Waals surface area contributed by atoms with Crippen LogP contribution < -0.4 is 0 Å². The molecule has 3 atom stereocenters. The van der Waals surface area contributed by atoms with E-state index in [9.17, 15) is 29.8 Å². The van der Waals surface area contributed by atoms with Crippen LogP contribution in [0.2, 0.25) is 0 Å². The summed E-state index contributed by atoms with van der Waals surface area (Å²) in [7, 11) is 0. The maximum atomic E-state index is 12.2. The van der Waals surface area contributed by atoms with Crippen molar-refractivity contribution in [2.24, 2.45) is 11.8 Å². The van der Waals surface area contributed by atoms with E-state index in [0.717, 1.165) is 18.2 Å². The summed E-state index contributed by atoms with van der Waals surface area (Å²) < 4.78 is 10.0. The minimum atomic E-state index is -0.985. The first-order valence-electron chi connectivity index (χ1n) is 7.02. The molecule has 0 spiro atoms. The lowest BCUT2D eigenvalue weighted by Crippen LogP contribution is -2.31. The average Bonchev–Trinajstić information content (AvgIpc) is 2.85. The Bertz CT molecular complexity index is 684. The van der Waals surface area contributed by atoms with Crippen LogP contribution in [0.25, 0.3) is 0 Å². The van der Waals surface area contributed by atoms with Crippen molar-refractivity contribution in [2.45, 2.75) is 20.0 Å². The topological polar surface area (TPSA) is 139 Å². The van der Waals surface area contributed by atoms with Gasteiger partial charge in [0, 0.05) is 18.1 Å². The molecule has 1 aromatic carbocycles. The number of rotatable bonds is 5. The molecule has 1 aliphatic heterocycles. The number of carbonyl (C=O) groups excluding carboxylic acids is 2. The number of nitro benzene ring substituents is 2. The summed E-state index contributed by atoms with van der Waals surface area (Å²) in [4.78, 5) is 43.8. The molecule has 10 nitrogen and oxygen atoms in total. The molecule has 3 unspecified atom stereocenters. The molecular weight excluding hydrogens is 324 g/mol. The van der Waals surface area contributed by atoms with Gasteiger partial charge in [-0.25, -0.2) is 4.79 Å². The Morgan fingerprint density at radius 2 is 1.79 bits per heavy atom. The zero-order valence-corrected chi connectivity index (χ0v) is 12.8. The molecule has 1 heterocycles. The zero-order valence-electron chi connectivity index (χ0n) is 12.8. The second-order valence-corrected chi connectivity index (χ2v) is 5.50. The van der Waals surface area contributed by atoms with Gasteiger partial charge in [-0.1, -0.05) is 6.92 Å². The number of benzene rings is 1. The van der Waals surface area contributed by atoms with Crippen LogP contribution in [0.5, 0.6) is 0 Å². The maximum Gasteiger partial charge on any atom is 0.338 e. The lowest BCUT2D eigenvalue weighted by atomic mass is 9.92. The van der Waals surface area contributed by atoms with E-state index in [0.29, 0.717) is 0 Å². The highest BCUT2D eigenvalue weighted by atomic mass is 16.6. The van der Waals surface area contributed by atoms with Gasteiger partial charge in [0.2, 0.25) is 0 Å². The Morgan fingerprint density at radius 3 is 2.21 bits per heavy atom. The van der Waals surface area contributed by atoms with Crippen LogP contribution in [-0.2, 0) is 14.3 Å². The van der Waals surface area contributed by atoms with Crippen LogP contribution in [0.3, 0.4) is 0 Å². The number of nitrogens with zero attached hydrogens (tertiary/aromatic N) is 2. The van der Waals surface area contributed by atoms with Gasteiger partial charge >= 0.3 is 11.9 Å². The molecule has 24 heavy (non-hydrogen) atoms. The van der Waals surface area contributed by atoms with Gasteiger partial charge in [-0.3, -0.25) is 25.0 Å². The summed E-state index contributed by atoms with van der Waals surface area (Å²) in [6.45, 7) is 3.48. The van der Waals surface area contributed by atoms with E-state index in [1.807, 2.05) is 0 Å². The van der Waals surface area contributed by atoms with Crippen LogP contribution in [0.4, 0.5) is 11.4 Å². The number of hydrogen-bond donors (Lipinski definition) is 0. The van der Waals surface area contributed by atoms with Crippen molar-refractivity contribution in [3.8, 4) is 0 Å². The standard InChI is InChI=1S/C14H14N2O8/c1-7-6-23-14(18)12(7)8(2)24-13(17)9-3-10(15(19)20)5-11(4-9)16(21)22/h3-5,7-8,12H,6H2,1-2H3. The molecule has 0 saturated carbocycles. The van der Waals surface area contributed by atoms with Crippen molar-refractivity contribution < 1.29 is 28.9 Å². The third kappa shape index (κ3) is 3.47. The molecule has 0 bridgehead atoms. The van der Waals surface area contributed by atoms with Gasteiger partial charge in [-0.05, 0) is 6.92 Å². The molecule has 1 saturated heterocycles. The van der Waals surface area contributed by atoms with Crippen LogP contribution in [0, 0.1) is 32.1 Å². The average molecular weight is 338 g/mol. The molecule has 0 radical (unpaired) electrons. The minimum absolute atomic E-state index is 0.153. The number of ether oxygens (including phenoxy) is 2. The molecule has 0 amide bonds. The smallest absolute Gasteiger partial charge is 0.338 e. The molecule has 1 aliphatic rings. The normalized spacial score (nSPS) is 21.0. The van der Waals surface area contributed by atoms with Gasteiger partial charge in [-0.15, -0.1) is 0 Å². The summed E-state index contributed by atoms with van der Waals surface area (Å²) in [5.74, 6) is -2.28. The summed E-state index contributed by atoms with van der Waals surface area (Å²) >= 11 is 0. The summed E-state index contributed by atoms with van der Waals surface area (Å²) in [6.07, 6.45) is -0.833. The number of hydrogen-bond acceptors (Lipinski definition) is 8. The lowest BCUT2D eigenvalue weighted by molar-refractivity contribution is -0.394. The van der Waals surface area contributed by atoms with E-state index >= 15 is 0 Å². The van der Waals surface area contributed by atoms with Crippen molar-refractivity contribution in [2.75, 3.05) is 6.61 Å². The second-order valence-electron chi connectivity index (χ2n) is 5.50. The SMILES string of the molecule is CC1COC(=O)C1C(C)OC(=O)c1cc([N+](=O)[O-])cc([N+](=O)[O-])c1. The van der Waals surface area contributed by atoms with E-state index < -0.39 is 45.2 Å². The predicted molar refractivity (Wildman–Crippen MR) is 78.2 cm³/mol. The Labute approximate surface area is 135 Å². The van der Waals surface area contributed by atoms with E-state index in [-0.39, 0.29) is 18.1 Å². The van der Waals surface area contributed by atoms with E-state index in [4.69, 9.17) is 9.47 Å². The fourth-order valence-electron chi connectivity index (χ4n) is 2.53. The quantitative estimate of drug-likeness (QED) is 0.450. The van der Waals surface area contributed by atoms with Gasteiger partial charge < -0.3 is 9.47 Å².